The summed E-state index contributed by atoms with van der Waals surface area (Å²) < 4.78 is 0. The van der Waals surface area contributed by atoms with E-state index in [2.05, 4.69) is 10.3 Å². The summed E-state index contributed by atoms with van der Waals surface area (Å²) in [6.45, 7) is 1.78. The van der Waals surface area contributed by atoms with Crippen LogP contribution in [0.5, 0.6) is 0 Å². The summed E-state index contributed by atoms with van der Waals surface area (Å²) in [6, 6.07) is 3.31. The molecule has 1 heterocycles. The largest absolute Gasteiger partial charge is 0.481 e. The van der Waals surface area contributed by atoms with Crippen LogP contribution in [0.15, 0.2) is 12.1 Å². The van der Waals surface area contributed by atoms with E-state index in [4.69, 9.17) is 10.8 Å². The van der Waals surface area contributed by atoms with E-state index in [0.29, 0.717) is 29.9 Å². The number of nitrogens with one attached hydrogen (secondary N) is 1. The second-order valence-electron chi connectivity index (χ2n) is 4.94. The van der Waals surface area contributed by atoms with Gasteiger partial charge in [0, 0.05) is 17.3 Å². The summed E-state index contributed by atoms with van der Waals surface area (Å²) in [5, 5.41) is 12.1. The van der Waals surface area contributed by atoms with Crippen LogP contribution in [0, 0.1) is 12.8 Å². The van der Waals surface area contributed by atoms with Crippen molar-refractivity contribution in [3.05, 3.63) is 23.4 Å². The fourth-order valence-corrected chi connectivity index (χ4v) is 2.43. The number of rotatable bonds is 4. The van der Waals surface area contributed by atoms with Crippen LogP contribution >= 0.6 is 0 Å². The average Bonchev–Trinajstić information content (AvgIpc) is 2.76. The highest BCUT2D eigenvalue weighted by Crippen LogP contribution is 2.28. The first-order valence-electron chi connectivity index (χ1n) is 6.23. The van der Waals surface area contributed by atoms with Gasteiger partial charge in [-0.25, -0.2) is 4.98 Å². The third-order valence-corrected chi connectivity index (χ3v) is 3.37. The minimum absolute atomic E-state index is 0.0797. The highest BCUT2D eigenvalue weighted by atomic mass is 16.4. The van der Waals surface area contributed by atoms with Crippen molar-refractivity contribution >= 4 is 17.7 Å². The molecule has 1 aliphatic carbocycles. The number of nitrogens with two attached hydrogens (primary N) is 1. The van der Waals surface area contributed by atoms with E-state index < -0.39 is 11.9 Å². The van der Waals surface area contributed by atoms with Crippen molar-refractivity contribution in [1.29, 1.82) is 0 Å². The van der Waals surface area contributed by atoms with Gasteiger partial charge in [-0.1, -0.05) is 0 Å². The number of aliphatic carboxylic acids is 1. The molecule has 0 bridgehead atoms. The summed E-state index contributed by atoms with van der Waals surface area (Å²) in [6.07, 6.45) is 2.04. The van der Waals surface area contributed by atoms with Crippen molar-refractivity contribution in [2.45, 2.75) is 32.2 Å². The summed E-state index contributed by atoms with van der Waals surface area (Å²) in [7, 11) is 0. The molecular formula is C13H17N3O3. The molecule has 1 saturated carbocycles. The SMILES string of the molecule is Cc1cc(C(N)=O)cc(NC2CCC(C(=O)O)C2)n1. The number of hydrogen-bond acceptors (Lipinski definition) is 4. The number of amides is 1. The lowest BCUT2D eigenvalue weighted by Gasteiger charge is -2.14. The second kappa shape index (κ2) is 5.26. The third-order valence-electron chi connectivity index (χ3n) is 3.37. The van der Waals surface area contributed by atoms with Crippen LogP contribution in [0.1, 0.15) is 35.3 Å². The lowest BCUT2D eigenvalue weighted by molar-refractivity contribution is -0.141. The van der Waals surface area contributed by atoms with E-state index in [1.165, 1.54) is 0 Å². The highest BCUT2D eigenvalue weighted by molar-refractivity contribution is 5.93. The Morgan fingerprint density at radius 2 is 2.16 bits per heavy atom. The van der Waals surface area contributed by atoms with Crippen molar-refractivity contribution in [3.63, 3.8) is 0 Å². The van der Waals surface area contributed by atoms with Crippen molar-refractivity contribution in [3.8, 4) is 0 Å². The van der Waals surface area contributed by atoms with Gasteiger partial charge in [0.25, 0.3) is 0 Å². The Morgan fingerprint density at radius 3 is 2.74 bits per heavy atom. The Morgan fingerprint density at radius 1 is 1.42 bits per heavy atom. The molecule has 2 atom stereocenters. The molecule has 6 heteroatoms. The molecule has 0 spiro atoms. The van der Waals surface area contributed by atoms with Gasteiger partial charge >= 0.3 is 5.97 Å². The van der Waals surface area contributed by atoms with Crippen LogP contribution in [-0.2, 0) is 4.79 Å². The molecule has 4 N–H and O–H groups in total. The number of carbonyl (C=O) groups is 2. The fraction of sp³-hybridized carbons (Fsp3) is 0.462. The maximum Gasteiger partial charge on any atom is 0.306 e. The quantitative estimate of drug-likeness (QED) is 0.755. The highest BCUT2D eigenvalue weighted by Gasteiger charge is 2.29. The molecular weight excluding hydrogens is 246 g/mol. The third kappa shape index (κ3) is 3.21. The van der Waals surface area contributed by atoms with Gasteiger partial charge in [-0.2, -0.15) is 0 Å². The van der Waals surface area contributed by atoms with Crippen LogP contribution in [0.4, 0.5) is 5.82 Å². The fourth-order valence-electron chi connectivity index (χ4n) is 2.43. The smallest absolute Gasteiger partial charge is 0.306 e. The molecule has 1 aromatic rings. The van der Waals surface area contributed by atoms with Crippen LogP contribution in [0.2, 0.25) is 0 Å². The van der Waals surface area contributed by atoms with Crippen molar-refractivity contribution in [1.82, 2.24) is 4.98 Å². The number of nitrogens with zero attached hydrogens (tertiary/aromatic N) is 1. The Kier molecular flexibility index (Phi) is 3.69. The van der Waals surface area contributed by atoms with E-state index in [0.717, 1.165) is 6.42 Å². The first-order chi connectivity index (χ1) is 8.95. The molecule has 2 unspecified atom stereocenters. The summed E-state index contributed by atoms with van der Waals surface area (Å²) >= 11 is 0. The molecule has 1 aromatic heterocycles. The molecule has 1 fully saturated rings. The zero-order valence-electron chi connectivity index (χ0n) is 10.7. The van der Waals surface area contributed by atoms with E-state index in [-0.39, 0.29) is 12.0 Å². The summed E-state index contributed by atoms with van der Waals surface area (Å²) in [5.74, 6) is -0.967. The van der Waals surface area contributed by atoms with Gasteiger partial charge in [0.05, 0.1) is 5.92 Å². The first-order valence-corrected chi connectivity index (χ1v) is 6.23. The number of primary amides is 1. The van der Waals surface area contributed by atoms with Gasteiger partial charge < -0.3 is 16.2 Å². The summed E-state index contributed by atoms with van der Waals surface area (Å²) in [5.41, 5.74) is 6.36. The van der Waals surface area contributed by atoms with Crippen LogP contribution in [0.3, 0.4) is 0 Å². The predicted molar refractivity (Wildman–Crippen MR) is 69.9 cm³/mol. The molecule has 1 aliphatic rings. The minimum Gasteiger partial charge on any atom is -0.481 e. The number of carboxylic acids is 1. The molecule has 0 aliphatic heterocycles. The van der Waals surface area contributed by atoms with Gasteiger partial charge in [-0.3, -0.25) is 9.59 Å². The molecule has 102 valence electrons. The van der Waals surface area contributed by atoms with Crippen LogP contribution in [-0.4, -0.2) is 28.0 Å². The van der Waals surface area contributed by atoms with E-state index >= 15 is 0 Å². The topological polar surface area (TPSA) is 105 Å². The number of carbonyl (C=O) groups excluding carboxylic acids is 1. The number of anilines is 1. The summed E-state index contributed by atoms with van der Waals surface area (Å²) in [4.78, 5) is 26.3. The normalized spacial score (nSPS) is 22.2. The van der Waals surface area contributed by atoms with Gasteiger partial charge in [0.1, 0.15) is 5.82 Å². The Hall–Kier alpha value is -2.11. The van der Waals surface area contributed by atoms with Crippen molar-refractivity contribution in [2.75, 3.05) is 5.32 Å². The monoisotopic (exact) mass is 263 g/mol. The molecule has 1 amide bonds. The predicted octanol–water partition coefficient (Wildman–Crippen LogP) is 1.15. The standard InChI is InChI=1S/C13H17N3O3/c1-7-4-9(12(14)17)6-11(15-7)16-10-3-2-8(5-10)13(18)19/h4,6,8,10H,2-3,5H2,1H3,(H2,14,17)(H,15,16)(H,18,19). The maximum absolute atomic E-state index is 11.2. The van der Waals surface area contributed by atoms with Gasteiger partial charge in [0.15, 0.2) is 0 Å². The lowest BCUT2D eigenvalue weighted by atomic mass is 10.1. The molecule has 6 nitrogen and oxygen atoms in total. The van der Waals surface area contributed by atoms with Gasteiger partial charge in [0.2, 0.25) is 5.91 Å². The number of aryl methyl sites for hydroxylation is 1. The Labute approximate surface area is 111 Å². The van der Waals surface area contributed by atoms with Crippen molar-refractivity contribution < 1.29 is 14.7 Å². The molecule has 0 aromatic carbocycles. The number of carboxylic acid groups (broad SMARTS) is 1. The first kappa shape index (κ1) is 13.3. The average molecular weight is 263 g/mol. The van der Waals surface area contributed by atoms with Gasteiger partial charge in [-0.15, -0.1) is 0 Å². The Bertz CT molecular complexity index is 516. The zero-order chi connectivity index (χ0) is 14.0. The number of hydrogen-bond donors (Lipinski definition) is 3. The maximum atomic E-state index is 11.2. The van der Waals surface area contributed by atoms with Crippen LogP contribution < -0.4 is 11.1 Å². The second-order valence-corrected chi connectivity index (χ2v) is 4.94. The van der Waals surface area contributed by atoms with Crippen molar-refractivity contribution in [2.24, 2.45) is 11.7 Å². The van der Waals surface area contributed by atoms with E-state index in [9.17, 15) is 9.59 Å². The molecule has 19 heavy (non-hydrogen) atoms. The minimum atomic E-state index is -0.751. The lowest BCUT2D eigenvalue weighted by Crippen LogP contribution is -2.19. The molecule has 0 radical (unpaired) electrons. The van der Waals surface area contributed by atoms with E-state index in [1.54, 1.807) is 19.1 Å². The van der Waals surface area contributed by atoms with Crippen LogP contribution in [0.25, 0.3) is 0 Å². The number of pyridine rings is 1. The number of aromatic nitrogens is 1. The Balaban J connectivity index is 2.08. The molecule has 2 rings (SSSR count). The van der Waals surface area contributed by atoms with Gasteiger partial charge in [-0.05, 0) is 38.3 Å². The van der Waals surface area contributed by atoms with E-state index in [1.807, 2.05) is 0 Å². The zero-order valence-corrected chi connectivity index (χ0v) is 10.7. The molecule has 0 saturated heterocycles.